The zero-order chi connectivity index (χ0) is 21.6. The van der Waals surface area contributed by atoms with Crippen LogP contribution in [0.4, 0.5) is 5.69 Å². The number of nitrogens with zero attached hydrogens (tertiary/aromatic N) is 2. The predicted molar refractivity (Wildman–Crippen MR) is 130 cm³/mol. The Morgan fingerprint density at radius 3 is 2.48 bits per heavy atom. The third-order valence-electron chi connectivity index (χ3n) is 4.37. The van der Waals surface area contributed by atoms with Crippen molar-refractivity contribution in [3.63, 3.8) is 0 Å². The first-order valence-electron chi connectivity index (χ1n) is 9.57. The Bertz CT molecular complexity index is 1310. The van der Waals surface area contributed by atoms with Crippen molar-refractivity contribution in [2.24, 2.45) is 4.99 Å². The molecule has 3 aromatic carbocycles. The lowest BCUT2D eigenvalue weighted by atomic mass is 10.2. The van der Waals surface area contributed by atoms with Crippen molar-refractivity contribution in [1.29, 1.82) is 0 Å². The predicted octanol–water partition coefficient (Wildman–Crippen LogP) is 8.58. The molecule has 2 aromatic heterocycles. The lowest BCUT2D eigenvalue weighted by Gasteiger charge is -1.95. The van der Waals surface area contributed by atoms with Crippen LogP contribution in [0, 0.1) is 0 Å². The summed E-state index contributed by atoms with van der Waals surface area (Å²) in [6, 6.07) is 25.0. The highest BCUT2D eigenvalue weighted by molar-refractivity contribution is 9.10. The van der Waals surface area contributed by atoms with Crippen LogP contribution in [0.3, 0.4) is 0 Å². The number of oxazole rings is 1. The van der Waals surface area contributed by atoms with E-state index < -0.39 is 0 Å². The zero-order valence-electron chi connectivity index (χ0n) is 16.6. The van der Waals surface area contributed by atoms with Gasteiger partial charge in [0.1, 0.15) is 11.3 Å². The number of furan rings is 1. The number of fused-ring (bicyclic) bond motifs is 1. The van der Waals surface area contributed by atoms with Gasteiger partial charge in [0, 0.05) is 26.8 Å². The van der Waals surface area contributed by atoms with E-state index in [4.69, 9.17) is 20.4 Å². The van der Waals surface area contributed by atoms with Gasteiger partial charge in [-0.1, -0.05) is 39.7 Å². The highest BCUT2D eigenvalue weighted by Gasteiger charge is 2.08. The molecule has 6 heteroatoms. The molecular formula is C25H18BrClN2O2. The van der Waals surface area contributed by atoms with Gasteiger partial charge in [0.05, 0.1) is 12.0 Å². The van der Waals surface area contributed by atoms with E-state index in [1.165, 1.54) is 0 Å². The molecule has 0 unspecified atom stereocenters. The molecule has 0 saturated heterocycles. The molecule has 0 bridgehead atoms. The highest BCUT2D eigenvalue weighted by Crippen LogP contribution is 2.28. The third kappa shape index (κ3) is 5.32. The van der Waals surface area contributed by atoms with Gasteiger partial charge in [0.25, 0.3) is 0 Å². The second kappa shape index (κ2) is 9.77. The van der Waals surface area contributed by atoms with Gasteiger partial charge in [-0.05, 0) is 73.7 Å². The molecule has 0 aliphatic carbocycles. The van der Waals surface area contributed by atoms with Crippen LogP contribution < -0.4 is 0 Å². The fraction of sp³-hybridized carbons (Fsp3) is 0.0400. The Labute approximate surface area is 193 Å². The minimum atomic E-state index is 0.625. The van der Waals surface area contributed by atoms with Gasteiger partial charge < -0.3 is 8.83 Å². The van der Waals surface area contributed by atoms with Crippen molar-refractivity contribution in [3.05, 3.63) is 94.6 Å². The molecule has 0 amide bonds. The quantitative estimate of drug-likeness (QED) is 0.236. The fourth-order valence-electron chi connectivity index (χ4n) is 2.95. The Hall–Kier alpha value is -3.15. The van der Waals surface area contributed by atoms with Gasteiger partial charge in [0.15, 0.2) is 5.58 Å². The standard InChI is InChI=1S/C15H11BrN2O.C10H7ClO/c1-2-17-12-7-8-14-13(9-12)18-15(19-14)10-3-5-11(16)6-4-10;11-9-4-1-3-8(7-9)10-5-2-6-12-10/h2-9H,1H3;1-7H. The topological polar surface area (TPSA) is 51.5 Å². The van der Waals surface area contributed by atoms with Gasteiger partial charge in [-0.15, -0.1) is 0 Å². The third-order valence-corrected chi connectivity index (χ3v) is 5.13. The Morgan fingerprint density at radius 2 is 1.77 bits per heavy atom. The molecule has 0 radical (unpaired) electrons. The smallest absolute Gasteiger partial charge is 0.227 e. The second-order valence-corrected chi connectivity index (χ2v) is 7.90. The van der Waals surface area contributed by atoms with Crippen molar-refractivity contribution in [2.45, 2.75) is 6.92 Å². The lowest BCUT2D eigenvalue weighted by Crippen LogP contribution is -1.75. The van der Waals surface area contributed by atoms with Gasteiger partial charge in [0.2, 0.25) is 5.89 Å². The van der Waals surface area contributed by atoms with Gasteiger partial charge in [-0.25, -0.2) is 4.98 Å². The number of hydrogen-bond acceptors (Lipinski definition) is 4. The highest BCUT2D eigenvalue weighted by atomic mass is 79.9. The Balaban J connectivity index is 0.000000166. The first-order valence-corrected chi connectivity index (χ1v) is 10.7. The zero-order valence-corrected chi connectivity index (χ0v) is 19.0. The number of benzene rings is 3. The molecule has 0 aliphatic rings. The summed E-state index contributed by atoms with van der Waals surface area (Å²) in [5.74, 6) is 1.47. The summed E-state index contributed by atoms with van der Waals surface area (Å²) in [4.78, 5) is 8.74. The second-order valence-electron chi connectivity index (χ2n) is 6.55. The molecule has 0 fully saturated rings. The minimum Gasteiger partial charge on any atom is -0.464 e. The lowest BCUT2D eigenvalue weighted by molar-refractivity contribution is 0.582. The summed E-state index contributed by atoms with van der Waals surface area (Å²) >= 11 is 9.23. The maximum absolute atomic E-state index is 5.82. The van der Waals surface area contributed by atoms with Crippen LogP contribution in [0.5, 0.6) is 0 Å². The average molecular weight is 494 g/mol. The molecule has 0 aliphatic heterocycles. The number of aliphatic imine (C=N–C) groups is 1. The largest absolute Gasteiger partial charge is 0.464 e. The molecule has 5 aromatic rings. The molecule has 0 atom stereocenters. The van der Waals surface area contributed by atoms with Crippen molar-refractivity contribution >= 4 is 50.5 Å². The summed E-state index contributed by atoms with van der Waals surface area (Å²) in [6.45, 7) is 1.89. The molecule has 4 nitrogen and oxygen atoms in total. The van der Waals surface area contributed by atoms with Crippen molar-refractivity contribution in [3.8, 4) is 22.8 Å². The van der Waals surface area contributed by atoms with E-state index in [0.29, 0.717) is 5.89 Å². The fourth-order valence-corrected chi connectivity index (χ4v) is 3.40. The van der Waals surface area contributed by atoms with E-state index in [-0.39, 0.29) is 0 Å². The van der Waals surface area contributed by atoms with Crippen LogP contribution >= 0.6 is 27.5 Å². The number of hydrogen-bond donors (Lipinski definition) is 0. The first-order chi connectivity index (χ1) is 15.1. The molecule has 2 heterocycles. The normalized spacial score (nSPS) is 10.9. The molecular weight excluding hydrogens is 476 g/mol. The van der Waals surface area contributed by atoms with Crippen LogP contribution in [0.2, 0.25) is 5.02 Å². The Kier molecular flexibility index (Phi) is 6.65. The molecule has 0 spiro atoms. The van der Waals surface area contributed by atoms with E-state index in [0.717, 1.165) is 43.2 Å². The average Bonchev–Trinajstić information content (AvgIpc) is 3.45. The van der Waals surface area contributed by atoms with Crippen LogP contribution in [-0.4, -0.2) is 11.2 Å². The SMILES string of the molecule is CC=Nc1ccc2oc(-c3ccc(Br)cc3)nc2c1.Clc1cccc(-c2ccco2)c1. The summed E-state index contributed by atoms with van der Waals surface area (Å²) in [7, 11) is 0. The van der Waals surface area contributed by atoms with Crippen molar-refractivity contribution in [2.75, 3.05) is 0 Å². The number of rotatable bonds is 3. The molecule has 0 N–H and O–H groups in total. The van der Waals surface area contributed by atoms with E-state index in [1.807, 2.05) is 85.8 Å². The number of aromatic nitrogens is 1. The van der Waals surface area contributed by atoms with Crippen LogP contribution in [0.1, 0.15) is 6.92 Å². The molecule has 31 heavy (non-hydrogen) atoms. The van der Waals surface area contributed by atoms with E-state index in [1.54, 1.807) is 12.5 Å². The number of halogens is 2. The maximum atomic E-state index is 5.82. The molecule has 0 saturated carbocycles. The van der Waals surface area contributed by atoms with Gasteiger partial charge >= 0.3 is 0 Å². The van der Waals surface area contributed by atoms with E-state index in [2.05, 4.69) is 25.9 Å². The molecule has 5 rings (SSSR count). The maximum Gasteiger partial charge on any atom is 0.227 e. The van der Waals surface area contributed by atoms with Crippen LogP contribution in [0.25, 0.3) is 33.9 Å². The van der Waals surface area contributed by atoms with Gasteiger partial charge in [-0.2, -0.15) is 0 Å². The van der Waals surface area contributed by atoms with Crippen LogP contribution in [-0.2, 0) is 0 Å². The van der Waals surface area contributed by atoms with Gasteiger partial charge in [-0.3, -0.25) is 4.99 Å². The summed E-state index contributed by atoms with van der Waals surface area (Å²) in [5.41, 5.74) is 4.44. The van der Waals surface area contributed by atoms with Crippen LogP contribution in [0.15, 0.2) is 103 Å². The Morgan fingerprint density at radius 1 is 0.935 bits per heavy atom. The van der Waals surface area contributed by atoms with E-state index >= 15 is 0 Å². The van der Waals surface area contributed by atoms with Crippen molar-refractivity contribution in [1.82, 2.24) is 4.98 Å². The van der Waals surface area contributed by atoms with Crippen molar-refractivity contribution < 1.29 is 8.83 Å². The first kappa shape index (κ1) is 21.1. The minimum absolute atomic E-state index is 0.625. The molecule has 154 valence electrons. The summed E-state index contributed by atoms with van der Waals surface area (Å²) < 4.78 is 12.0. The summed E-state index contributed by atoms with van der Waals surface area (Å²) in [5, 5.41) is 0.726. The monoisotopic (exact) mass is 492 g/mol. The summed E-state index contributed by atoms with van der Waals surface area (Å²) in [6.07, 6.45) is 3.41. The van der Waals surface area contributed by atoms with E-state index in [9.17, 15) is 0 Å².